The zero-order valence-electron chi connectivity index (χ0n) is 18.0. The molecule has 3 aliphatic heterocycles. The molecule has 0 bridgehead atoms. The number of aryl methyl sites for hydroxylation is 2. The Labute approximate surface area is 178 Å². The number of nitrogens with two attached hydrogens (primary N) is 1. The number of aromatic nitrogens is 3. The molecular weight excluding hydrogens is 376 g/mol. The van der Waals surface area contributed by atoms with Crippen LogP contribution in [0.2, 0.25) is 0 Å². The first-order chi connectivity index (χ1) is 14.6. The summed E-state index contributed by atoms with van der Waals surface area (Å²) in [5.41, 5.74) is 16.9. The van der Waals surface area contributed by atoms with Gasteiger partial charge in [0.15, 0.2) is 0 Å². The topological polar surface area (TPSA) is 96.1 Å². The summed E-state index contributed by atoms with van der Waals surface area (Å²) >= 11 is 0. The minimum absolute atomic E-state index is 0.207. The summed E-state index contributed by atoms with van der Waals surface area (Å²) < 4.78 is 2.00. The molecule has 0 spiro atoms. The lowest BCUT2D eigenvalue weighted by Gasteiger charge is -2.35. The smallest absolute Gasteiger partial charge is 0.131 e. The van der Waals surface area contributed by atoms with E-state index in [0.29, 0.717) is 18.0 Å². The van der Waals surface area contributed by atoms with E-state index in [0.717, 1.165) is 57.0 Å². The molecule has 162 valence electrons. The maximum atomic E-state index is 6.24. The van der Waals surface area contributed by atoms with E-state index in [1.54, 1.807) is 0 Å². The number of anilines is 1. The van der Waals surface area contributed by atoms with Gasteiger partial charge in [-0.05, 0) is 44.7 Å². The predicted octanol–water partition coefficient (Wildman–Crippen LogP) is 1.40. The Balaban J connectivity index is 1.37. The molecule has 5 N–H and O–H groups in total. The van der Waals surface area contributed by atoms with Gasteiger partial charge in [0, 0.05) is 62.0 Å². The monoisotopic (exact) mass is 410 g/mol. The summed E-state index contributed by atoms with van der Waals surface area (Å²) in [7, 11) is 0. The standard InChI is InChI=1S/C22H34N8/c1-3-30-12-15(10-25-30)19-9-17-20(11-24-19)27-28-21(17)18-7-6-14(2)22(26-18)29-8-4-5-16(23)13-29/h6-7,10,12,16-17,19-21,24,27-28H,3-5,8-9,11,13,23H2,1-2H3/t16-,17?,19?,20?,21?/m1/s1. The second-order valence-electron chi connectivity index (χ2n) is 9.09. The van der Waals surface area contributed by atoms with E-state index < -0.39 is 0 Å². The van der Waals surface area contributed by atoms with Crippen LogP contribution in [-0.4, -0.2) is 46.5 Å². The molecule has 0 amide bonds. The second-order valence-corrected chi connectivity index (χ2v) is 9.09. The van der Waals surface area contributed by atoms with Crippen LogP contribution in [0, 0.1) is 12.8 Å². The highest BCUT2D eigenvalue weighted by Gasteiger charge is 2.42. The van der Waals surface area contributed by atoms with Crippen LogP contribution < -0.4 is 26.8 Å². The quantitative estimate of drug-likeness (QED) is 0.605. The maximum Gasteiger partial charge on any atom is 0.131 e. The Bertz CT molecular complexity index is 880. The van der Waals surface area contributed by atoms with E-state index in [-0.39, 0.29) is 12.1 Å². The predicted molar refractivity (Wildman–Crippen MR) is 118 cm³/mol. The molecule has 3 aliphatic rings. The van der Waals surface area contributed by atoms with Crippen molar-refractivity contribution in [2.45, 2.75) is 63.8 Å². The van der Waals surface area contributed by atoms with Gasteiger partial charge in [-0.15, -0.1) is 0 Å². The number of pyridine rings is 1. The van der Waals surface area contributed by atoms with Gasteiger partial charge in [-0.25, -0.2) is 10.4 Å². The van der Waals surface area contributed by atoms with Crippen molar-refractivity contribution in [3.05, 3.63) is 41.3 Å². The van der Waals surface area contributed by atoms with Gasteiger partial charge in [-0.2, -0.15) is 5.10 Å². The molecule has 8 heteroatoms. The molecule has 2 aromatic heterocycles. The van der Waals surface area contributed by atoms with Crippen LogP contribution in [0.4, 0.5) is 5.82 Å². The SMILES string of the molecule is CCn1cc(C2CC3C(CN2)NNC3c2ccc(C)c(N3CCC[C@@H](N)C3)n2)cn1. The highest BCUT2D eigenvalue weighted by Crippen LogP contribution is 2.38. The summed E-state index contributed by atoms with van der Waals surface area (Å²) in [6.45, 7) is 8.06. The third kappa shape index (κ3) is 3.73. The Morgan fingerprint density at radius 3 is 2.97 bits per heavy atom. The summed E-state index contributed by atoms with van der Waals surface area (Å²) in [6, 6.07) is 5.60. The Morgan fingerprint density at radius 2 is 2.17 bits per heavy atom. The van der Waals surface area contributed by atoms with Gasteiger partial charge in [0.05, 0.1) is 17.9 Å². The molecule has 3 saturated heterocycles. The van der Waals surface area contributed by atoms with Crippen LogP contribution in [0.15, 0.2) is 24.5 Å². The van der Waals surface area contributed by atoms with Gasteiger partial charge >= 0.3 is 0 Å². The zero-order valence-corrected chi connectivity index (χ0v) is 18.0. The summed E-state index contributed by atoms with van der Waals surface area (Å²) in [5, 5.41) is 8.16. The molecule has 5 atom stereocenters. The molecule has 3 fully saturated rings. The molecule has 4 unspecified atom stereocenters. The van der Waals surface area contributed by atoms with Crippen molar-refractivity contribution in [1.29, 1.82) is 0 Å². The lowest BCUT2D eigenvalue weighted by atomic mass is 9.82. The Hall–Kier alpha value is -2.00. The average Bonchev–Trinajstić information content (AvgIpc) is 3.41. The van der Waals surface area contributed by atoms with Gasteiger partial charge in [0.2, 0.25) is 0 Å². The fourth-order valence-electron chi connectivity index (χ4n) is 5.28. The number of hydrogen-bond donors (Lipinski definition) is 4. The largest absolute Gasteiger partial charge is 0.355 e. The van der Waals surface area contributed by atoms with Gasteiger partial charge in [-0.1, -0.05) is 6.07 Å². The van der Waals surface area contributed by atoms with Gasteiger partial charge in [0.25, 0.3) is 0 Å². The van der Waals surface area contributed by atoms with Gasteiger partial charge < -0.3 is 16.0 Å². The van der Waals surface area contributed by atoms with E-state index >= 15 is 0 Å². The van der Waals surface area contributed by atoms with E-state index in [1.165, 1.54) is 11.1 Å². The molecular formula is C22H34N8. The zero-order chi connectivity index (χ0) is 20.7. The summed E-state index contributed by atoms with van der Waals surface area (Å²) in [5.74, 6) is 1.58. The molecule has 8 nitrogen and oxygen atoms in total. The third-order valence-corrected chi connectivity index (χ3v) is 7.01. The normalized spacial score (nSPS) is 31.7. The highest BCUT2D eigenvalue weighted by molar-refractivity contribution is 5.48. The first-order valence-corrected chi connectivity index (χ1v) is 11.4. The van der Waals surface area contributed by atoms with Crippen molar-refractivity contribution in [3.63, 3.8) is 0 Å². The van der Waals surface area contributed by atoms with E-state index in [1.807, 2.05) is 10.9 Å². The van der Waals surface area contributed by atoms with Crippen LogP contribution in [-0.2, 0) is 6.54 Å². The Kier molecular flexibility index (Phi) is 5.49. The number of fused-ring (bicyclic) bond motifs is 1. The molecule has 0 saturated carbocycles. The van der Waals surface area contributed by atoms with Crippen molar-refractivity contribution in [2.75, 3.05) is 24.5 Å². The number of piperidine rings is 2. The van der Waals surface area contributed by atoms with E-state index in [9.17, 15) is 0 Å². The van der Waals surface area contributed by atoms with E-state index in [2.05, 4.69) is 58.3 Å². The van der Waals surface area contributed by atoms with E-state index in [4.69, 9.17) is 10.7 Å². The van der Waals surface area contributed by atoms with Crippen LogP contribution in [0.5, 0.6) is 0 Å². The van der Waals surface area contributed by atoms with Gasteiger partial charge in [-0.3, -0.25) is 10.1 Å². The minimum atomic E-state index is 0.207. The number of hydrogen-bond acceptors (Lipinski definition) is 7. The lowest BCUT2D eigenvalue weighted by molar-refractivity contribution is 0.265. The van der Waals surface area contributed by atoms with Crippen molar-refractivity contribution in [1.82, 2.24) is 30.9 Å². The minimum Gasteiger partial charge on any atom is -0.355 e. The number of rotatable bonds is 4. The number of nitrogens with one attached hydrogen (secondary N) is 3. The molecule has 5 heterocycles. The van der Waals surface area contributed by atoms with Gasteiger partial charge in [0.1, 0.15) is 5.82 Å². The van der Waals surface area contributed by atoms with Crippen molar-refractivity contribution in [3.8, 4) is 0 Å². The Morgan fingerprint density at radius 1 is 1.27 bits per heavy atom. The van der Waals surface area contributed by atoms with Crippen LogP contribution in [0.1, 0.15) is 55.1 Å². The second kappa shape index (κ2) is 8.26. The third-order valence-electron chi connectivity index (χ3n) is 7.01. The molecule has 2 aromatic rings. The lowest BCUT2D eigenvalue weighted by Crippen LogP contribution is -2.46. The van der Waals surface area contributed by atoms with Crippen LogP contribution >= 0.6 is 0 Å². The fraction of sp³-hybridized carbons (Fsp3) is 0.636. The average molecular weight is 411 g/mol. The highest BCUT2D eigenvalue weighted by atomic mass is 15.4. The fourth-order valence-corrected chi connectivity index (χ4v) is 5.28. The molecule has 0 radical (unpaired) electrons. The molecule has 0 aliphatic carbocycles. The first kappa shape index (κ1) is 19.9. The van der Waals surface area contributed by atoms with Crippen molar-refractivity contribution < 1.29 is 0 Å². The maximum absolute atomic E-state index is 6.24. The summed E-state index contributed by atoms with van der Waals surface area (Å²) in [6.07, 6.45) is 7.48. The summed E-state index contributed by atoms with van der Waals surface area (Å²) in [4.78, 5) is 7.52. The molecule has 0 aromatic carbocycles. The molecule has 5 rings (SSSR count). The van der Waals surface area contributed by atoms with Crippen molar-refractivity contribution >= 4 is 5.82 Å². The number of hydrazine groups is 1. The first-order valence-electron chi connectivity index (χ1n) is 11.4. The molecule has 30 heavy (non-hydrogen) atoms. The van der Waals surface area contributed by atoms with Crippen LogP contribution in [0.25, 0.3) is 0 Å². The number of nitrogens with zero attached hydrogens (tertiary/aromatic N) is 4. The van der Waals surface area contributed by atoms with Crippen molar-refractivity contribution in [2.24, 2.45) is 11.7 Å². The van der Waals surface area contributed by atoms with Crippen LogP contribution in [0.3, 0.4) is 0 Å².